The predicted octanol–water partition coefficient (Wildman–Crippen LogP) is 25.9. The molecular formula is C104H82O12. The smallest absolute Gasteiger partial charge is 0.132 e. The van der Waals surface area contributed by atoms with Crippen molar-refractivity contribution in [2.75, 3.05) is 0 Å². The number of fused-ring (bicyclic) bond motifs is 6. The molecule has 0 saturated heterocycles. The van der Waals surface area contributed by atoms with Crippen LogP contribution in [0.15, 0.2) is 279 Å². The summed E-state index contributed by atoms with van der Waals surface area (Å²) >= 11 is 0. The van der Waals surface area contributed by atoms with E-state index in [4.69, 9.17) is 0 Å². The molecule has 12 heteroatoms. The summed E-state index contributed by atoms with van der Waals surface area (Å²) in [6.07, 6.45) is 0. The number of rotatable bonds is 9. The van der Waals surface area contributed by atoms with Crippen molar-refractivity contribution in [3.05, 3.63) is 324 Å². The predicted molar refractivity (Wildman–Crippen MR) is 471 cm³/mol. The number of aromatic hydroxyl groups is 12. The molecule has 116 heavy (non-hydrogen) atoms. The van der Waals surface area contributed by atoms with Gasteiger partial charge in [-0.05, 0) is 226 Å². The Morgan fingerprint density at radius 1 is 0.147 bits per heavy atom. The van der Waals surface area contributed by atoms with Gasteiger partial charge in [0.1, 0.15) is 69.0 Å². The summed E-state index contributed by atoms with van der Waals surface area (Å²) in [7, 11) is 0. The Hall–Kier alpha value is -14.9. The van der Waals surface area contributed by atoms with Gasteiger partial charge in [0.25, 0.3) is 0 Å². The van der Waals surface area contributed by atoms with E-state index in [0.29, 0.717) is 122 Å². The molecule has 18 rings (SSSR count). The molecule has 0 bridgehead atoms. The molecule has 0 spiro atoms. The average molecular weight is 1520 g/mol. The van der Waals surface area contributed by atoms with E-state index in [1.54, 1.807) is 24.3 Å². The maximum atomic E-state index is 12.0. The van der Waals surface area contributed by atoms with Crippen molar-refractivity contribution in [1.82, 2.24) is 0 Å². The molecule has 0 aromatic heterocycles. The minimum Gasteiger partial charge on any atom is -0.507 e. The van der Waals surface area contributed by atoms with Crippen LogP contribution >= 0.6 is 0 Å². The highest BCUT2D eigenvalue weighted by molar-refractivity contribution is 6.18. The maximum Gasteiger partial charge on any atom is 0.132 e. The topological polar surface area (TPSA) is 243 Å². The molecule has 18 aromatic carbocycles. The third-order valence-electron chi connectivity index (χ3n) is 22.3. The Balaban J connectivity index is 0.000000131. The Bertz CT molecular complexity index is 6490. The van der Waals surface area contributed by atoms with E-state index in [9.17, 15) is 61.3 Å². The van der Waals surface area contributed by atoms with E-state index < -0.39 is 0 Å². The lowest BCUT2D eigenvalue weighted by atomic mass is 9.85. The molecule has 0 atom stereocenters. The second-order valence-corrected chi connectivity index (χ2v) is 30.2. The van der Waals surface area contributed by atoms with E-state index in [1.807, 2.05) is 310 Å². The molecule has 0 heterocycles. The van der Waals surface area contributed by atoms with Crippen LogP contribution in [0.4, 0.5) is 0 Å². The van der Waals surface area contributed by atoms with E-state index in [1.165, 1.54) is 0 Å². The highest BCUT2D eigenvalue weighted by atomic mass is 16.3. The van der Waals surface area contributed by atoms with E-state index >= 15 is 0 Å². The summed E-state index contributed by atoms with van der Waals surface area (Å²) in [5.74, 6) is 0.239. The maximum absolute atomic E-state index is 12.0. The zero-order chi connectivity index (χ0) is 81.4. The van der Waals surface area contributed by atoms with E-state index in [-0.39, 0.29) is 69.0 Å². The molecule has 12 nitrogen and oxygen atoms in total. The fourth-order valence-electron chi connectivity index (χ4n) is 16.6. The van der Waals surface area contributed by atoms with Crippen molar-refractivity contribution < 1.29 is 61.3 Å². The van der Waals surface area contributed by atoms with Gasteiger partial charge in [0.15, 0.2) is 0 Å². The molecule has 0 radical (unpaired) electrons. The van der Waals surface area contributed by atoms with Crippen molar-refractivity contribution >= 4 is 64.6 Å². The van der Waals surface area contributed by atoms with Crippen molar-refractivity contribution in [1.29, 1.82) is 0 Å². The van der Waals surface area contributed by atoms with Gasteiger partial charge in [-0.15, -0.1) is 0 Å². The van der Waals surface area contributed by atoms with Gasteiger partial charge in [-0.1, -0.05) is 217 Å². The van der Waals surface area contributed by atoms with Crippen LogP contribution in [-0.2, 0) is 0 Å². The largest absolute Gasteiger partial charge is 0.507 e. The molecule has 0 aliphatic heterocycles. The van der Waals surface area contributed by atoms with Crippen molar-refractivity contribution in [3.63, 3.8) is 0 Å². The highest BCUT2D eigenvalue weighted by Gasteiger charge is 2.30. The zero-order valence-electron chi connectivity index (χ0n) is 64.9. The van der Waals surface area contributed by atoms with Gasteiger partial charge in [-0.25, -0.2) is 0 Å². The zero-order valence-corrected chi connectivity index (χ0v) is 64.9. The number of phenols is 12. The van der Waals surface area contributed by atoms with Crippen LogP contribution < -0.4 is 0 Å². The number of para-hydroxylation sites is 2. The van der Waals surface area contributed by atoms with Crippen LogP contribution in [-0.4, -0.2) is 61.3 Å². The molecule has 0 aliphatic rings. The lowest BCUT2D eigenvalue weighted by Gasteiger charge is -2.20. The van der Waals surface area contributed by atoms with Crippen LogP contribution in [0.25, 0.3) is 165 Å². The molecule has 0 fully saturated rings. The fourth-order valence-corrected chi connectivity index (χ4v) is 16.6. The Morgan fingerprint density at radius 3 is 0.612 bits per heavy atom. The second kappa shape index (κ2) is 30.0. The van der Waals surface area contributed by atoms with Crippen LogP contribution in [0.2, 0.25) is 0 Å². The SMILES string of the molecule is Cc1cc(C)c(O)c(-c2cc3ccccc3c(-c3c(O)c(-c4cc(C)cc(C)c4O)cc4ccccc34)c2O)c1.Cc1ccc(O)c(-c2cc3ccccc3c(-c3c(O)c(-c4cc(C)ccc4O)cc4ccccc34)c2O)c1.Cc1cccc(-c2cc3ccccc3c(-c3c(O)c(-c4cccc(C)c4O)cc4ccccc34)c2O)c1O. The van der Waals surface area contributed by atoms with Crippen LogP contribution in [0, 0.1) is 55.4 Å². The molecule has 18 aromatic rings. The van der Waals surface area contributed by atoms with Crippen LogP contribution in [0.3, 0.4) is 0 Å². The lowest BCUT2D eigenvalue weighted by Crippen LogP contribution is -1.94. The molecule has 0 saturated carbocycles. The van der Waals surface area contributed by atoms with Crippen LogP contribution in [0.5, 0.6) is 69.0 Å². The number of phenolic OH excluding ortho intramolecular Hbond substituents is 12. The molecule has 0 aliphatic carbocycles. The lowest BCUT2D eigenvalue weighted by molar-refractivity contribution is 0.464. The quantitative estimate of drug-likeness (QED) is 0.0646. The molecule has 0 amide bonds. The van der Waals surface area contributed by atoms with Gasteiger partial charge >= 0.3 is 0 Å². The summed E-state index contributed by atoms with van der Waals surface area (Å²) in [6, 6.07) is 86.2. The third-order valence-corrected chi connectivity index (χ3v) is 22.3. The first-order chi connectivity index (χ1) is 55.8. The minimum absolute atomic E-state index is 0.0405. The van der Waals surface area contributed by atoms with E-state index in [2.05, 4.69) is 0 Å². The van der Waals surface area contributed by atoms with Gasteiger partial charge in [-0.2, -0.15) is 0 Å². The third kappa shape index (κ3) is 13.2. The first kappa shape index (κ1) is 75.2. The monoisotopic (exact) mass is 1520 g/mol. The average Bonchev–Trinajstić information content (AvgIpc) is 0.719. The number of benzene rings is 18. The van der Waals surface area contributed by atoms with Gasteiger partial charge in [0.2, 0.25) is 0 Å². The summed E-state index contributed by atoms with van der Waals surface area (Å²) in [5, 5.41) is 147. The normalized spacial score (nSPS) is 11.3. The number of aryl methyl sites for hydroxylation is 8. The van der Waals surface area contributed by atoms with Gasteiger partial charge in [0, 0.05) is 100 Å². The second-order valence-electron chi connectivity index (χ2n) is 30.2. The first-order valence-electron chi connectivity index (χ1n) is 38.1. The highest BCUT2D eigenvalue weighted by Crippen LogP contribution is 2.58. The van der Waals surface area contributed by atoms with E-state index in [0.717, 1.165) is 86.9 Å². The van der Waals surface area contributed by atoms with Crippen LogP contribution in [0.1, 0.15) is 44.5 Å². The van der Waals surface area contributed by atoms with Gasteiger partial charge in [-0.3, -0.25) is 0 Å². The minimum atomic E-state index is -0.0457. The standard InChI is InChI=1S/C36H30O4.2C34H26O4/c1-19-13-21(3)33(37)27(15-19)29-17-23-9-5-7-11-25(23)31(35(29)39)32-26-12-8-6-10-24(26)18-30(36(32)40)28-16-20(2)14-22(4)34(28)38;1-19-9-7-15-25(31(19)35)27-17-21-11-3-5-13-23(21)29(33(27)37)30-24-14-6-4-12-22(24)18-28(34(30)38)26-16-8-10-20(2)32(26)36;1-19-11-13-29(35)25(15-19)27-17-21-7-3-5-9-23(21)31(33(27)37)32-24-10-6-4-8-22(24)18-28(34(32)38)26-16-20(2)12-14-30(26)36/h5-18,37-40H,1-4H3;2*3-18,35-38H,1-2H3. The first-order valence-corrected chi connectivity index (χ1v) is 38.1. The van der Waals surface area contributed by atoms with Crippen molar-refractivity contribution in [2.24, 2.45) is 0 Å². The number of hydrogen-bond acceptors (Lipinski definition) is 12. The summed E-state index contributed by atoms with van der Waals surface area (Å²) in [6.45, 7) is 15.1. The molecule has 12 N–H and O–H groups in total. The van der Waals surface area contributed by atoms with Gasteiger partial charge in [0.05, 0.1) is 0 Å². The molecule has 570 valence electrons. The Morgan fingerprint density at radius 2 is 0.353 bits per heavy atom. The van der Waals surface area contributed by atoms with Crippen molar-refractivity contribution in [2.45, 2.75) is 55.4 Å². The fraction of sp³-hybridized carbons (Fsp3) is 0.0769. The summed E-state index contributed by atoms with van der Waals surface area (Å²) in [4.78, 5) is 0. The summed E-state index contributed by atoms with van der Waals surface area (Å²) < 4.78 is 0. The van der Waals surface area contributed by atoms with Gasteiger partial charge < -0.3 is 61.3 Å². The molecular weight excluding hydrogens is 1440 g/mol. The Labute approximate surface area is 670 Å². The van der Waals surface area contributed by atoms with Crippen molar-refractivity contribution in [3.8, 4) is 169 Å². The summed E-state index contributed by atoms with van der Waals surface area (Å²) in [5.41, 5.74) is 15.3. The Kier molecular flexibility index (Phi) is 19.4. The molecule has 0 unspecified atom stereocenters. The number of hydrogen-bond donors (Lipinski definition) is 12.